The number of anilines is 1. The maximum Gasteiger partial charge on any atom is 0.350 e. The van der Waals surface area contributed by atoms with Gasteiger partial charge in [-0.1, -0.05) is 6.07 Å². The van der Waals surface area contributed by atoms with Crippen LogP contribution in [-0.2, 0) is 17.6 Å². The van der Waals surface area contributed by atoms with Crippen LogP contribution in [0.3, 0.4) is 0 Å². The summed E-state index contributed by atoms with van der Waals surface area (Å²) in [6.07, 6.45) is 4.34. The number of nitrogen functional groups attached to an aromatic ring is 1. The molecule has 0 bridgehead atoms. The molecule has 0 radical (unpaired) electrons. The predicted octanol–water partition coefficient (Wildman–Crippen LogP) is 4.27. The van der Waals surface area contributed by atoms with Crippen molar-refractivity contribution in [2.45, 2.75) is 25.7 Å². The third-order valence-electron chi connectivity index (χ3n) is 4.32. The van der Waals surface area contributed by atoms with Crippen molar-refractivity contribution >= 4 is 44.5 Å². The Balaban J connectivity index is 2.05. The van der Waals surface area contributed by atoms with E-state index in [1.165, 1.54) is 40.9 Å². The van der Waals surface area contributed by atoms with E-state index in [0.717, 1.165) is 35.2 Å². The first-order chi connectivity index (χ1) is 11.2. The van der Waals surface area contributed by atoms with Crippen LogP contribution >= 0.6 is 22.7 Å². The number of thiophene rings is 2. The van der Waals surface area contributed by atoms with Crippen molar-refractivity contribution in [1.82, 2.24) is 4.98 Å². The Kier molecular flexibility index (Phi) is 3.58. The number of aromatic nitrogens is 1. The maximum absolute atomic E-state index is 12.0. The molecule has 3 aromatic rings. The summed E-state index contributed by atoms with van der Waals surface area (Å²) in [5.74, 6) is -0.382. The van der Waals surface area contributed by atoms with Gasteiger partial charge in [0.2, 0.25) is 0 Å². The van der Waals surface area contributed by atoms with Crippen molar-refractivity contribution in [2.75, 3.05) is 12.8 Å². The summed E-state index contributed by atoms with van der Waals surface area (Å²) in [6, 6.07) is 4.15. The zero-order valence-corrected chi connectivity index (χ0v) is 14.4. The van der Waals surface area contributed by atoms with Gasteiger partial charge in [-0.2, -0.15) is 0 Å². The van der Waals surface area contributed by atoms with Crippen LogP contribution in [0.15, 0.2) is 17.5 Å². The van der Waals surface area contributed by atoms with Crippen LogP contribution < -0.4 is 5.73 Å². The van der Waals surface area contributed by atoms with E-state index in [1.54, 1.807) is 11.3 Å². The average molecular weight is 344 g/mol. The minimum Gasteiger partial charge on any atom is -0.465 e. The predicted molar refractivity (Wildman–Crippen MR) is 95.3 cm³/mol. The maximum atomic E-state index is 12.0. The largest absolute Gasteiger partial charge is 0.465 e. The first kappa shape index (κ1) is 14.7. The molecule has 0 fully saturated rings. The number of ether oxygens (including phenoxy) is 1. The highest BCUT2D eigenvalue weighted by Crippen LogP contribution is 2.42. The lowest BCUT2D eigenvalue weighted by atomic mass is 9.88. The molecule has 0 unspecified atom stereocenters. The summed E-state index contributed by atoms with van der Waals surface area (Å²) in [6.45, 7) is 0. The molecule has 2 N–H and O–H groups in total. The highest BCUT2D eigenvalue weighted by molar-refractivity contribution is 7.21. The number of nitrogens with two attached hydrogens (primary N) is 1. The quantitative estimate of drug-likeness (QED) is 0.705. The van der Waals surface area contributed by atoms with Gasteiger partial charge in [-0.15, -0.1) is 22.7 Å². The van der Waals surface area contributed by atoms with Gasteiger partial charge in [0.05, 0.1) is 23.4 Å². The molecule has 4 nitrogen and oxygen atoms in total. The fraction of sp³-hybridized carbons (Fsp3) is 0.294. The Bertz CT molecular complexity index is 897. The van der Waals surface area contributed by atoms with E-state index in [9.17, 15) is 4.79 Å². The molecule has 1 aliphatic carbocycles. The van der Waals surface area contributed by atoms with Crippen molar-refractivity contribution in [1.29, 1.82) is 0 Å². The zero-order valence-electron chi connectivity index (χ0n) is 12.7. The van der Waals surface area contributed by atoms with Crippen LogP contribution in [0, 0.1) is 0 Å². The molecule has 3 heterocycles. The number of pyridine rings is 1. The van der Waals surface area contributed by atoms with E-state index in [2.05, 4.69) is 11.4 Å². The monoisotopic (exact) mass is 344 g/mol. The molecule has 0 saturated carbocycles. The second-order valence-electron chi connectivity index (χ2n) is 5.62. The Morgan fingerprint density at radius 1 is 1.30 bits per heavy atom. The average Bonchev–Trinajstić information content (AvgIpc) is 3.21. The van der Waals surface area contributed by atoms with Crippen LogP contribution in [0.2, 0.25) is 0 Å². The third-order valence-corrected chi connectivity index (χ3v) is 6.28. The number of carbonyl (C=O) groups is 1. The lowest BCUT2D eigenvalue weighted by Gasteiger charge is -2.19. The van der Waals surface area contributed by atoms with Crippen molar-refractivity contribution in [2.24, 2.45) is 0 Å². The van der Waals surface area contributed by atoms with E-state index in [-0.39, 0.29) is 5.97 Å². The molecule has 1 aliphatic rings. The molecule has 3 aromatic heterocycles. The number of methoxy groups -OCH3 is 1. The van der Waals surface area contributed by atoms with Crippen LogP contribution in [-0.4, -0.2) is 18.1 Å². The number of hydrogen-bond donors (Lipinski definition) is 1. The third kappa shape index (κ3) is 2.24. The molecule has 6 heteroatoms. The summed E-state index contributed by atoms with van der Waals surface area (Å²) >= 11 is 3.03. The second-order valence-corrected chi connectivity index (χ2v) is 7.57. The smallest absolute Gasteiger partial charge is 0.350 e. The van der Waals surface area contributed by atoms with E-state index in [0.29, 0.717) is 10.6 Å². The minimum absolute atomic E-state index is 0.382. The molecule has 0 aliphatic heterocycles. The molecular formula is C17H16N2O2S2. The summed E-state index contributed by atoms with van der Waals surface area (Å²) < 4.78 is 4.86. The normalized spacial score (nSPS) is 14.0. The van der Waals surface area contributed by atoms with Crippen LogP contribution in [0.5, 0.6) is 0 Å². The molecule has 118 valence electrons. The summed E-state index contributed by atoms with van der Waals surface area (Å²) in [5, 5.41) is 3.03. The van der Waals surface area contributed by atoms with Gasteiger partial charge in [0.1, 0.15) is 9.71 Å². The van der Waals surface area contributed by atoms with Gasteiger partial charge in [-0.3, -0.25) is 0 Å². The van der Waals surface area contributed by atoms with E-state index in [4.69, 9.17) is 15.5 Å². The minimum atomic E-state index is -0.382. The van der Waals surface area contributed by atoms with Gasteiger partial charge in [0, 0.05) is 5.39 Å². The van der Waals surface area contributed by atoms with Crippen LogP contribution in [0.1, 0.15) is 33.6 Å². The number of esters is 1. The first-order valence-corrected chi connectivity index (χ1v) is 9.26. The van der Waals surface area contributed by atoms with Gasteiger partial charge >= 0.3 is 5.97 Å². The number of hydrogen-bond acceptors (Lipinski definition) is 6. The van der Waals surface area contributed by atoms with Crippen molar-refractivity contribution < 1.29 is 9.53 Å². The molecule has 0 atom stereocenters. The Hall–Kier alpha value is -1.92. The Morgan fingerprint density at radius 2 is 2.09 bits per heavy atom. The molecule has 23 heavy (non-hydrogen) atoms. The number of nitrogens with zero attached hydrogens (tertiary/aromatic N) is 1. The molecule has 0 aromatic carbocycles. The summed E-state index contributed by atoms with van der Waals surface area (Å²) in [5.41, 5.74) is 10.4. The standard InChI is InChI=1S/C17H16N2O2S2/c1-21-17(20)15-13(18)12-9-5-2-3-6-10(9)14(19-16(12)23-15)11-7-4-8-22-11/h4,7-8H,2-3,5-6,18H2,1H3. The van der Waals surface area contributed by atoms with E-state index < -0.39 is 0 Å². The highest BCUT2D eigenvalue weighted by atomic mass is 32.1. The van der Waals surface area contributed by atoms with Gasteiger partial charge < -0.3 is 10.5 Å². The lowest BCUT2D eigenvalue weighted by molar-refractivity contribution is 0.0607. The fourth-order valence-corrected chi connectivity index (χ4v) is 5.06. The highest BCUT2D eigenvalue weighted by Gasteiger charge is 2.26. The van der Waals surface area contributed by atoms with Gasteiger partial charge in [-0.05, 0) is 48.3 Å². The second kappa shape index (κ2) is 5.62. The zero-order chi connectivity index (χ0) is 16.0. The van der Waals surface area contributed by atoms with Gasteiger partial charge in [0.25, 0.3) is 0 Å². The van der Waals surface area contributed by atoms with Crippen LogP contribution in [0.4, 0.5) is 5.69 Å². The number of rotatable bonds is 2. The fourth-order valence-electron chi connectivity index (χ4n) is 3.27. The Morgan fingerprint density at radius 3 is 2.78 bits per heavy atom. The molecule has 0 spiro atoms. The van der Waals surface area contributed by atoms with Crippen molar-refractivity contribution in [3.8, 4) is 10.6 Å². The summed E-state index contributed by atoms with van der Waals surface area (Å²) in [4.78, 5) is 19.3. The van der Waals surface area contributed by atoms with Crippen LogP contribution in [0.25, 0.3) is 20.8 Å². The Labute approximate surface area is 141 Å². The molecule has 0 saturated heterocycles. The SMILES string of the molecule is COC(=O)c1sc2nc(-c3cccs3)c3c(c2c1N)CCCC3. The number of fused-ring (bicyclic) bond motifs is 3. The van der Waals surface area contributed by atoms with Gasteiger partial charge in [-0.25, -0.2) is 9.78 Å². The van der Waals surface area contributed by atoms with Crippen molar-refractivity contribution in [3.05, 3.63) is 33.5 Å². The molecular weight excluding hydrogens is 328 g/mol. The molecule has 0 amide bonds. The van der Waals surface area contributed by atoms with Crippen molar-refractivity contribution in [3.63, 3.8) is 0 Å². The lowest BCUT2D eigenvalue weighted by Crippen LogP contribution is -2.07. The number of carbonyl (C=O) groups excluding carboxylic acids is 1. The first-order valence-electron chi connectivity index (χ1n) is 7.56. The number of aryl methyl sites for hydroxylation is 1. The van der Waals surface area contributed by atoms with E-state index in [1.807, 2.05) is 6.07 Å². The van der Waals surface area contributed by atoms with E-state index >= 15 is 0 Å². The molecule has 4 rings (SSSR count). The summed E-state index contributed by atoms with van der Waals surface area (Å²) in [7, 11) is 1.38. The topological polar surface area (TPSA) is 65.2 Å². The van der Waals surface area contributed by atoms with Gasteiger partial charge in [0.15, 0.2) is 0 Å².